The van der Waals surface area contributed by atoms with Gasteiger partial charge < -0.3 is 0 Å². The van der Waals surface area contributed by atoms with E-state index in [1.54, 1.807) is 0 Å². The molecule has 0 fully saturated rings. The van der Waals surface area contributed by atoms with Gasteiger partial charge in [0.2, 0.25) is 0 Å². The normalized spacial score (nSPS) is 12.7. The molecule has 1 aromatic carbocycles. The van der Waals surface area contributed by atoms with Gasteiger partial charge in [-0.15, -0.1) is 0 Å². The molecule has 0 saturated carbocycles. The fraction of sp³-hybridized carbons (Fsp3) is 0.357. The summed E-state index contributed by atoms with van der Waals surface area (Å²) < 4.78 is 4.01. The highest BCUT2D eigenvalue weighted by Crippen LogP contribution is 2.27. The van der Waals surface area contributed by atoms with Gasteiger partial charge in [-0.25, -0.2) is 0 Å². The van der Waals surface area contributed by atoms with E-state index in [4.69, 9.17) is 5.84 Å². The number of hydrazine groups is 1. The van der Waals surface area contributed by atoms with E-state index in [1.165, 1.54) is 5.56 Å². The maximum Gasteiger partial charge on any atom is 0.0738 e. The molecule has 20 heavy (non-hydrogen) atoms. The van der Waals surface area contributed by atoms with Crippen LogP contribution in [0.5, 0.6) is 0 Å². The molecule has 108 valence electrons. The summed E-state index contributed by atoms with van der Waals surface area (Å²) in [6.45, 7) is 4.06. The van der Waals surface area contributed by atoms with Crippen molar-refractivity contribution in [1.82, 2.24) is 15.2 Å². The predicted molar refractivity (Wildman–Crippen MR) is 88.3 cm³/mol. The van der Waals surface area contributed by atoms with Crippen molar-refractivity contribution in [3.05, 3.63) is 49.7 Å². The number of halogens is 2. The first kappa shape index (κ1) is 15.7. The summed E-state index contributed by atoms with van der Waals surface area (Å²) in [6, 6.07) is 6.36. The Morgan fingerprint density at radius 2 is 2.00 bits per heavy atom. The molecule has 0 aliphatic rings. The lowest BCUT2D eigenvalue weighted by molar-refractivity contribution is 0.528. The quantitative estimate of drug-likeness (QED) is 0.610. The van der Waals surface area contributed by atoms with Crippen LogP contribution in [0.1, 0.15) is 28.6 Å². The van der Waals surface area contributed by atoms with E-state index in [0.29, 0.717) is 0 Å². The third-order valence-electron chi connectivity index (χ3n) is 3.33. The first-order chi connectivity index (χ1) is 9.42. The molecule has 2 aromatic rings. The Morgan fingerprint density at radius 3 is 2.50 bits per heavy atom. The molecular formula is C14H18Br2N4. The first-order valence-corrected chi connectivity index (χ1v) is 7.92. The van der Waals surface area contributed by atoms with Gasteiger partial charge in [-0.05, 0) is 53.0 Å². The Hall–Kier alpha value is -0.690. The smallest absolute Gasteiger partial charge is 0.0738 e. The molecule has 0 radical (unpaired) electrons. The maximum atomic E-state index is 5.75. The number of hydrogen-bond donors (Lipinski definition) is 2. The minimum absolute atomic E-state index is 0.0392. The Bertz CT molecular complexity index is 602. The minimum Gasteiger partial charge on any atom is -0.271 e. The van der Waals surface area contributed by atoms with Crippen LogP contribution in [0.25, 0.3) is 0 Å². The molecule has 4 nitrogen and oxygen atoms in total. The van der Waals surface area contributed by atoms with Crippen LogP contribution in [0.15, 0.2) is 27.1 Å². The predicted octanol–water partition coefficient (Wildman–Crippen LogP) is 3.31. The Kier molecular flexibility index (Phi) is 5.01. The highest BCUT2D eigenvalue weighted by molar-refractivity contribution is 9.10. The van der Waals surface area contributed by atoms with E-state index >= 15 is 0 Å². The number of nitrogens with one attached hydrogen (secondary N) is 1. The zero-order valence-corrected chi connectivity index (χ0v) is 14.9. The van der Waals surface area contributed by atoms with Gasteiger partial charge in [-0.1, -0.05) is 22.0 Å². The van der Waals surface area contributed by atoms with Crippen LogP contribution in [0, 0.1) is 13.8 Å². The fourth-order valence-electron chi connectivity index (χ4n) is 2.33. The van der Waals surface area contributed by atoms with Crippen molar-refractivity contribution in [2.75, 3.05) is 0 Å². The third kappa shape index (κ3) is 3.31. The second kappa shape index (κ2) is 6.39. The number of nitrogens with zero attached hydrogens (tertiary/aromatic N) is 2. The van der Waals surface area contributed by atoms with Gasteiger partial charge >= 0.3 is 0 Å². The molecular weight excluding hydrogens is 384 g/mol. The van der Waals surface area contributed by atoms with Crippen LogP contribution in [0.4, 0.5) is 0 Å². The van der Waals surface area contributed by atoms with Gasteiger partial charge in [0, 0.05) is 17.9 Å². The highest BCUT2D eigenvalue weighted by atomic mass is 79.9. The Balaban J connectivity index is 2.33. The Morgan fingerprint density at radius 1 is 1.30 bits per heavy atom. The van der Waals surface area contributed by atoms with E-state index in [9.17, 15) is 0 Å². The van der Waals surface area contributed by atoms with Crippen LogP contribution in [-0.4, -0.2) is 9.78 Å². The number of rotatable bonds is 4. The summed E-state index contributed by atoms with van der Waals surface area (Å²) in [4.78, 5) is 0. The van der Waals surface area contributed by atoms with Crippen LogP contribution in [-0.2, 0) is 13.5 Å². The van der Waals surface area contributed by atoms with Crippen molar-refractivity contribution in [3.8, 4) is 0 Å². The average Bonchev–Trinajstić information content (AvgIpc) is 2.60. The zero-order chi connectivity index (χ0) is 14.9. The molecule has 0 amide bonds. The molecule has 1 heterocycles. The van der Waals surface area contributed by atoms with Crippen molar-refractivity contribution in [3.63, 3.8) is 0 Å². The average molecular weight is 402 g/mol. The van der Waals surface area contributed by atoms with Crippen molar-refractivity contribution in [1.29, 1.82) is 0 Å². The summed E-state index contributed by atoms with van der Waals surface area (Å²) >= 11 is 7.13. The summed E-state index contributed by atoms with van der Waals surface area (Å²) in [5, 5.41) is 4.42. The summed E-state index contributed by atoms with van der Waals surface area (Å²) in [7, 11) is 1.95. The number of aromatic nitrogens is 2. The standard InChI is InChI=1S/C14H18Br2N4/c1-8-4-10(6-11(15)5-8)12(18-17)7-13-14(16)9(2)19-20(13)3/h4-6,12,18H,7,17H2,1-3H3. The van der Waals surface area contributed by atoms with Gasteiger partial charge in [-0.2, -0.15) is 5.10 Å². The van der Waals surface area contributed by atoms with Gasteiger partial charge in [0.15, 0.2) is 0 Å². The highest BCUT2D eigenvalue weighted by Gasteiger charge is 2.18. The van der Waals surface area contributed by atoms with Crippen LogP contribution in [0.3, 0.4) is 0 Å². The Labute approximate surface area is 136 Å². The summed E-state index contributed by atoms with van der Waals surface area (Å²) in [6.07, 6.45) is 0.768. The number of nitrogens with two attached hydrogens (primary N) is 1. The van der Waals surface area contributed by atoms with Crippen molar-refractivity contribution in [2.45, 2.75) is 26.3 Å². The first-order valence-electron chi connectivity index (χ1n) is 6.33. The van der Waals surface area contributed by atoms with Crippen LogP contribution >= 0.6 is 31.9 Å². The van der Waals surface area contributed by atoms with Crippen LogP contribution in [0.2, 0.25) is 0 Å². The molecule has 3 N–H and O–H groups in total. The largest absolute Gasteiger partial charge is 0.271 e. The molecule has 0 bridgehead atoms. The molecule has 0 aliphatic carbocycles. The van der Waals surface area contributed by atoms with E-state index in [1.807, 2.05) is 18.7 Å². The van der Waals surface area contributed by atoms with Gasteiger partial charge in [0.1, 0.15) is 0 Å². The second-order valence-electron chi connectivity index (χ2n) is 4.95. The number of hydrogen-bond acceptors (Lipinski definition) is 3. The SMILES string of the molecule is Cc1cc(Br)cc(C(Cc2c(Br)c(C)nn2C)NN)c1. The van der Waals surface area contributed by atoms with Gasteiger partial charge in [0.05, 0.1) is 21.9 Å². The lowest BCUT2D eigenvalue weighted by Crippen LogP contribution is -2.30. The molecule has 6 heteroatoms. The summed E-state index contributed by atoms with van der Waals surface area (Å²) in [5.74, 6) is 5.75. The van der Waals surface area contributed by atoms with Crippen molar-refractivity contribution >= 4 is 31.9 Å². The maximum absolute atomic E-state index is 5.75. The van der Waals surface area contributed by atoms with Gasteiger partial charge in [-0.3, -0.25) is 16.0 Å². The molecule has 0 spiro atoms. The molecule has 1 unspecified atom stereocenters. The fourth-order valence-corrected chi connectivity index (χ4v) is 3.46. The molecule has 1 aromatic heterocycles. The zero-order valence-electron chi connectivity index (χ0n) is 11.7. The minimum atomic E-state index is 0.0392. The molecule has 2 rings (SSSR count). The summed E-state index contributed by atoms with van der Waals surface area (Å²) in [5.41, 5.74) is 7.38. The van der Waals surface area contributed by atoms with E-state index in [2.05, 4.69) is 67.5 Å². The molecule has 0 saturated heterocycles. The number of aryl methyl sites for hydroxylation is 3. The third-order valence-corrected chi connectivity index (χ3v) is 4.82. The second-order valence-corrected chi connectivity index (χ2v) is 6.66. The molecule has 0 aliphatic heterocycles. The number of benzene rings is 1. The monoisotopic (exact) mass is 400 g/mol. The lowest BCUT2D eigenvalue weighted by atomic mass is 10.0. The van der Waals surface area contributed by atoms with Crippen molar-refractivity contribution < 1.29 is 0 Å². The topological polar surface area (TPSA) is 55.9 Å². The molecule has 1 atom stereocenters. The van der Waals surface area contributed by atoms with Gasteiger partial charge in [0.25, 0.3) is 0 Å². The van der Waals surface area contributed by atoms with E-state index in [0.717, 1.165) is 32.3 Å². The van der Waals surface area contributed by atoms with E-state index in [-0.39, 0.29) is 6.04 Å². The van der Waals surface area contributed by atoms with Crippen LogP contribution < -0.4 is 11.3 Å². The van der Waals surface area contributed by atoms with E-state index < -0.39 is 0 Å². The lowest BCUT2D eigenvalue weighted by Gasteiger charge is -2.18. The van der Waals surface area contributed by atoms with Crippen molar-refractivity contribution in [2.24, 2.45) is 12.9 Å².